The molecule has 3 N–H and O–H groups in total. The van der Waals surface area contributed by atoms with Gasteiger partial charge < -0.3 is 10.2 Å². The summed E-state index contributed by atoms with van der Waals surface area (Å²) in [6, 6.07) is 0. The maximum atomic E-state index is 10.2. The highest BCUT2D eigenvalue weighted by molar-refractivity contribution is 6.04. The minimum absolute atomic E-state index is 0.0845. The lowest BCUT2D eigenvalue weighted by molar-refractivity contribution is -0.137. The fourth-order valence-electron chi connectivity index (χ4n) is 1.07. The number of unbranched alkanes of at least 4 members (excludes halogenated alkanes) is 2. The average molecular weight is 231 g/mol. The fourth-order valence-corrected chi connectivity index (χ4v) is 1.07. The second kappa shape index (κ2) is 7.81. The number of carboxylic acids is 1. The molecule has 0 bridgehead atoms. The second-order valence-corrected chi connectivity index (χ2v) is 3.48. The molecule has 1 saturated heterocycles. The quantitative estimate of drug-likeness (QED) is 0.468. The lowest BCUT2D eigenvalue weighted by Crippen LogP contribution is -2.24. The number of aliphatic hydroxyl groups excluding tert-OH is 1. The lowest BCUT2D eigenvalue weighted by Gasteiger charge is -1.89. The van der Waals surface area contributed by atoms with Crippen LogP contribution in [0.5, 0.6) is 0 Å². The fraction of sp³-hybridized carbons (Fsp3) is 0.700. The maximum Gasteiger partial charge on any atom is 0.303 e. The van der Waals surface area contributed by atoms with E-state index in [4.69, 9.17) is 10.2 Å². The zero-order valence-electron chi connectivity index (χ0n) is 9.23. The van der Waals surface area contributed by atoms with Crippen molar-refractivity contribution < 1.29 is 24.6 Å². The standard InChI is InChI=1S/C6H12O2.C4H5NO3/c1-2-3-4-5-6(7)8;6-2-1-3(7)5-4(2)8/h2-5H2,1H3,(H,7,8);2,6H,1H2,(H,5,7,8). The zero-order chi connectivity index (χ0) is 12.6. The molecule has 1 aliphatic rings. The topological polar surface area (TPSA) is 104 Å². The number of hydrogen-bond donors (Lipinski definition) is 3. The average Bonchev–Trinajstić information content (AvgIpc) is 2.45. The highest BCUT2D eigenvalue weighted by atomic mass is 16.4. The molecule has 1 rings (SSSR count). The number of hydrogen-bond acceptors (Lipinski definition) is 4. The zero-order valence-corrected chi connectivity index (χ0v) is 9.23. The smallest absolute Gasteiger partial charge is 0.303 e. The molecule has 2 amide bonds. The molecule has 16 heavy (non-hydrogen) atoms. The van der Waals surface area contributed by atoms with E-state index in [-0.39, 0.29) is 6.42 Å². The van der Waals surface area contributed by atoms with Crippen LogP contribution in [0.25, 0.3) is 0 Å². The first-order chi connectivity index (χ1) is 7.47. The summed E-state index contributed by atoms with van der Waals surface area (Å²) in [4.78, 5) is 30.2. The summed E-state index contributed by atoms with van der Waals surface area (Å²) in [7, 11) is 0. The largest absolute Gasteiger partial charge is 0.481 e. The van der Waals surface area contributed by atoms with Crippen LogP contribution >= 0.6 is 0 Å². The van der Waals surface area contributed by atoms with E-state index in [9.17, 15) is 14.4 Å². The Kier molecular flexibility index (Phi) is 7.11. The summed E-state index contributed by atoms with van der Waals surface area (Å²) in [6.45, 7) is 2.06. The van der Waals surface area contributed by atoms with E-state index in [0.717, 1.165) is 19.3 Å². The highest BCUT2D eigenvalue weighted by Crippen LogP contribution is 1.98. The first-order valence-corrected chi connectivity index (χ1v) is 5.21. The third-order valence-electron chi connectivity index (χ3n) is 1.94. The Balaban J connectivity index is 0.000000281. The van der Waals surface area contributed by atoms with Gasteiger partial charge in [-0.15, -0.1) is 0 Å². The lowest BCUT2D eigenvalue weighted by atomic mass is 10.2. The van der Waals surface area contributed by atoms with Crippen LogP contribution < -0.4 is 5.32 Å². The first-order valence-electron chi connectivity index (χ1n) is 5.21. The van der Waals surface area contributed by atoms with Gasteiger partial charge in [0.2, 0.25) is 5.91 Å². The summed E-state index contributed by atoms with van der Waals surface area (Å²) in [5.74, 6) is -1.67. The van der Waals surface area contributed by atoms with Crippen molar-refractivity contribution in [2.24, 2.45) is 0 Å². The molecule has 92 valence electrons. The number of carbonyl (C=O) groups excluding carboxylic acids is 2. The van der Waals surface area contributed by atoms with Crippen molar-refractivity contribution in [3.05, 3.63) is 0 Å². The predicted octanol–water partition coefficient (Wildman–Crippen LogP) is 0.0451. The van der Waals surface area contributed by atoms with Gasteiger partial charge in [0.25, 0.3) is 5.91 Å². The molecule has 0 saturated carbocycles. The number of carbonyl (C=O) groups is 3. The highest BCUT2D eigenvalue weighted by Gasteiger charge is 2.27. The molecule has 0 aliphatic carbocycles. The molecule has 6 nitrogen and oxygen atoms in total. The van der Waals surface area contributed by atoms with Crippen LogP contribution in [-0.2, 0) is 14.4 Å². The maximum absolute atomic E-state index is 10.2. The van der Waals surface area contributed by atoms with Gasteiger partial charge in [-0.2, -0.15) is 0 Å². The Bertz CT molecular complexity index is 264. The van der Waals surface area contributed by atoms with Gasteiger partial charge in [0.05, 0.1) is 6.42 Å². The number of aliphatic carboxylic acids is 1. The van der Waals surface area contributed by atoms with Gasteiger partial charge in [-0.05, 0) is 6.42 Å². The molecule has 6 heteroatoms. The molecule has 0 aromatic heterocycles. The number of imide groups is 1. The second-order valence-electron chi connectivity index (χ2n) is 3.48. The molecule has 1 unspecified atom stereocenters. The van der Waals surface area contributed by atoms with E-state index in [0.29, 0.717) is 6.42 Å². The molecule has 1 aliphatic heterocycles. The first kappa shape index (κ1) is 14.6. The van der Waals surface area contributed by atoms with Gasteiger partial charge in [-0.1, -0.05) is 19.8 Å². The number of rotatable bonds is 4. The van der Waals surface area contributed by atoms with Gasteiger partial charge in [0.1, 0.15) is 6.10 Å². The van der Waals surface area contributed by atoms with Crippen LogP contribution in [0.2, 0.25) is 0 Å². The Morgan fingerprint density at radius 2 is 2.06 bits per heavy atom. The monoisotopic (exact) mass is 231 g/mol. The van der Waals surface area contributed by atoms with E-state index < -0.39 is 23.9 Å². The van der Waals surface area contributed by atoms with E-state index >= 15 is 0 Å². The Morgan fingerprint density at radius 1 is 1.44 bits per heavy atom. The molecule has 1 heterocycles. The van der Waals surface area contributed by atoms with Gasteiger partial charge in [-0.3, -0.25) is 19.7 Å². The van der Waals surface area contributed by atoms with Gasteiger partial charge in [0.15, 0.2) is 0 Å². The number of carboxylic acid groups (broad SMARTS) is 1. The van der Waals surface area contributed by atoms with Crippen molar-refractivity contribution in [1.29, 1.82) is 0 Å². The summed E-state index contributed by atoms with van der Waals surface area (Å²) >= 11 is 0. The van der Waals surface area contributed by atoms with Gasteiger partial charge in [0, 0.05) is 6.42 Å². The number of nitrogens with one attached hydrogen (secondary N) is 1. The minimum atomic E-state index is -1.11. The Hall–Kier alpha value is -1.43. The minimum Gasteiger partial charge on any atom is -0.481 e. The normalized spacial score (nSPS) is 18.8. The van der Waals surface area contributed by atoms with Crippen molar-refractivity contribution in [3.8, 4) is 0 Å². The van der Waals surface area contributed by atoms with Gasteiger partial charge >= 0.3 is 5.97 Å². The summed E-state index contributed by atoms with van der Waals surface area (Å²) < 4.78 is 0. The molecule has 0 aromatic rings. The Morgan fingerprint density at radius 3 is 2.31 bits per heavy atom. The van der Waals surface area contributed by atoms with Crippen LogP contribution in [-0.4, -0.2) is 34.1 Å². The van der Waals surface area contributed by atoms with Crippen molar-refractivity contribution in [2.45, 2.75) is 45.1 Å². The van der Waals surface area contributed by atoms with Crippen molar-refractivity contribution in [2.75, 3.05) is 0 Å². The van der Waals surface area contributed by atoms with Crippen molar-refractivity contribution in [1.82, 2.24) is 5.32 Å². The van der Waals surface area contributed by atoms with Crippen LogP contribution in [0, 0.1) is 0 Å². The number of aliphatic hydroxyl groups is 1. The molecule has 0 spiro atoms. The van der Waals surface area contributed by atoms with E-state index in [1.54, 1.807) is 0 Å². The van der Waals surface area contributed by atoms with E-state index in [2.05, 4.69) is 6.92 Å². The summed E-state index contributed by atoms with van der Waals surface area (Å²) in [5, 5.41) is 18.6. The molecule has 1 atom stereocenters. The third kappa shape index (κ3) is 6.94. The third-order valence-corrected chi connectivity index (χ3v) is 1.94. The van der Waals surface area contributed by atoms with Crippen molar-refractivity contribution >= 4 is 17.8 Å². The molecule has 1 fully saturated rings. The van der Waals surface area contributed by atoms with Crippen LogP contribution in [0.1, 0.15) is 39.0 Å². The SMILES string of the molecule is CCCCCC(=O)O.O=C1CC(O)C(=O)N1. The molecular weight excluding hydrogens is 214 g/mol. The van der Waals surface area contributed by atoms with E-state index in [1.165, 1.54) is 0 Å². The van der Waals surface area contributed by atoms with Crippen LogP contribution in [0.4, 0.5) is 0 Å². The predicted molar refractivity (Wildman–Crippen MR) is 55.6 cm³/mol. The molecule has 0 aromatic carbocycles. The summed E-state index contributed by atoms with van der Waals surface area (Å²) in [6.07, 6.45) is 2.08. The van der Waals surface area contributed by atoms with Gasteiger partial charge in [-0.25, -0.2) is 0 Å². The van der Waals surface area contributed by atoms with Crippen LogP contribution in [0.15, 0.2) is 0 Å². The van der Waals surface area contributed by atoms with E-state index in [1.807, 2.05) is 5.32 Å². The molecular formula is C10H17NO5. The van der Waals surface area contributed by atoms with Crippen molar-refractivity contribution in [3.63, 3.8) is 0 Å². The Labute approximate surface area is 93.6 Å². The van der Waals surface area contributed by atoms with Crippen LogP contribution in [0.3, 0.4) is 0 Å². The number of amides is 2. The summed E-state index contributed by atoms with van der Waals surface area (Å²) in [5.41, 5.74) is 0. The molecule has 0 radical (unpaired) electrons.